The van der Waals surface area contributed by atoms with Crippen molar-refractivity contribution < 1.29 is 4.79 Å². The average molecular weight is 225 g/mol. The van der Waals surface area contributed by atoms with E-state index in [1.165, 1.54) is 6.42 Å². The molecule has 0 bridgehead atoms. The molecule has 2 nitrogen and oxygen atoms in total. The number of nitrogens with two attached hydrogens (primary N) is 1. The lowest BCUT2D eigenvalue weighted by Gasteiger charge is -2.35. The summed E-state index contributed by atoms with van der Waals surface area (Å²) in [6.07, 6.45) is 3.24. The van der Waals surface area contributed by atoms with Gasteiger partial charge in [0, 0.05) is 5.92 Å². The van der Waals surface area contributed by atoms with Crippen molar-refractivity contribution in [2.75, 3.05) is 0 Å². The van der Waals surface area contributed by atoms with Gasteiger partial charge in [0.2, 0.25) is 0 Å². The van der Waals surface area contributed by atoms with Crippen LogP contribution in [-0.4, -0.2) is 11.8 Å². The number of carbonyl (C=O) groups excluding carboxylic acids is 1. The molecule has 1 aliphatic rings. The van der Waals surface area contributed by atoms with Gasteiger partial charge in [-0.3, -0.25) is 4.79 Å². The van der Waals surface area contributed by atoms with Crippen molar-refractivity contribution in [1.82, 2.24) is 0 Å². The summed E-state index contributed by atoms with van der Waals surface area (Å²) >= 11 is 0. The highest BCUT2D eigenvalue weighted by molar-refractivity contribution is 5.86. The number of ketones is 1. The molecule has 0 saturated heterocycles. The van der Waals surface area contributed by atoms with Crippen LogP contribution >= 0.6 is 0 Å². The van der Waals surface area contributed by atoms with E-state index in [1.54, 1.807) is 0 Å². The molecule has 1 rings (SSSR count). The second-order valence-electron chi connectivity index (χ2n) is 6.71. The Morgan fingerprint density at radius 2 is 1.75 bits per heavy atom. The summed E-state index contributed by atoms with van der Waals surface area (Å²) in [5.74, 6) is 1.91. The summed E-state index contributed by atoms with van der Waals surface area (Å²) in [6.45, 7) is 10.7. The smallest absolute Gasteiger partial charge is 0.153 e. The van der Waals surface area contributed by atoms with Crippen LogP contribution in [0, 0.1) is 23.2 Å². The van der Waals surface area contributed by atoms with E-state index >= 15 is 0 Å². The Hall–Kier alpha value is -0.370. The third kappa shape index (κ3) is 3.07. The molecule has 16 heavy (non-hydrogen) atoms. The lowest BCUT2D eigenvalue weighted by atomic mass is 9.71. The number of carbonyl (C=O) groups is 1. The van der Waals surface area contributed by atoms with Gasteiger partial charge in [-0.2, -0.15) is 0 Å². The maximum Gasteiger partial charge on any atom is 0.153 e. The molecule has 0 radical (unpaired) electrons. The lowest BCUT2D eigenvalue weighted by molar-refractivity contribution is -0.128. The van der Waals surface area contributed by atoms with Crippen LogP contribution in [0.25, 0.3) is 0 Å². The molecule has 0 aromatic heterocycles. The van der Waals surface area contributed by atoms with Crippen molar-refractivity contribution in [2.45, 2.75) is 59.9 Å². The van der Waals surface area contributed by atoms with E-state index in [2.05, 4.69) is 13.8 Å². The number of hydrogen-bond acceptors (Lipinski definition) is 2. The van der Waals surface area contributed by atoms with Crippen molar-refractivity contribution in [3.63, 3.8) is 0 Å². The standard InChI is InChI=1S/C14H27NO/c1-9-6-7-11(8-10(9)2)12(16)13(15)14(3,4)5/h9-11,13H,6-8,15H2,1-5H3. The second kappa shape index (κ2) is 4.87. The zero-order valence-electron chi connectivity index (χ0n) is 11.4. The molecule has 94 valence electrons. The van der Waals surface area contributed by atoms with Gasteiger partial charge in [0.15, 0.2) is 5.78 Å². The Morgan fingerprint density at radius 3 is 2.19 bits per heavy atom. The molecule has 0 aliphatic heterocycles. The molecule has 0 spiro atoms. The predicted octanol–water partition coefficient (Wildman–Crippen LogP) is 3.00. The zero-order chi connectivity index (χ0) is 12.5. The summed E-state index contributed by atoms with van der Waals surface area (Å²) in [6, 6.07) is -0.307. The summed E-state index contributed by atoms with van der Waals surface area (Å²) in [4.78, 5) is 12.3. The van der Waals surface area contributed by atoms with E-state index in [9.17, 15) is 4.79 Å². The molecular weight excluding hydrogens is 198 g/mol. The van der Waals surface area contributed by atoms with E-state index in [0.717, 1.165) is 18.8 Å². The molecule has 1 fully saturated rings. The van der Waals surface area contributed by atoms with E-state index in [4.69, 9.17) is 5.73 Å². The molecule has 0 amide bonds. The highest BCUT2D eigenvalue weighted by Crippen LogP contribution is 2.35. The van der Waals surface area contributed by atoms with Gasteiger partial charge in [0.25, 0.3) is 0 Å². The van der Waals surface area contributed by atoms with Crippen LogP contribution in [0.3, 0.4) is 0 Å². The van der Waals surface area contributed by atoms with Gasteiger partial charge in [-0.05, 0) is 36.5 Å². The molecule has 1 saturated carbocycles. The lowest BCUT2D eigenvalue weighted by Crippen LogP contribution is -2.46. The van der Waals surface area contributed by atoms with E-state index in [0.29, 0.717) is 5.92 Å². The minimum Gasteiger partial charge on any atom is -0.321 e. The predicted molar refractivity (Wildman–Crippen MR) is 68.1 cm³/mol. The normalized spacial score (nSPS) is 33.5. The van der Waals surface area contributed by atoms with Crippen LogP contribution in [-0.2, 0) is 4.79 Å². The Bertz CT molecular complexity index is 254. The Kier molecular flexibility index (Phi) is 4.17. The topological polar surface area (TPSA) is 43.1 Å². The van der Waals surface area contributed by atoms with Crippen LogP contribution in [0.5, 0.6) is 0 Å². The third-order valence-corrected chi connectivity index (χ3v) is 4.24. The van der Waals surface area contributed by atoms with Crippen molar-refractivity contribution in [2.24, 2.45) is 28.9 Å². The third-order valence-electron chi connectivity index (χ3n) is 4.24. The first-order chi connectivity index (χ1) is 7.23. The minimum atomic E-state index is -0.307. The monoisotopic (exact) mass is 225 g/mol. The van der Waals surface area contributed by atoms with Gasteiger partial charge in [0.05, 0.1) is 6.04 Å². The SMILES string of the molecule is CC1CCC(C(=O)C(N)C(C)(C)C)CC1C. The highest BCUT2D eigenvalue weighted by Gasteiger charge is 2.35. The van der Waals surface area contributed by atoms with Crippen molar-refractivity contribution in [3.8, 4) is 0 Å². The summed E-state index contributed by atoms with van der Waals surface area (Å²) in [5.41, 5.74) is 5.95. The maximum absolute atomic E-state index is 12.3. The molecule has 4 atom stereocenters. The van der Waals surface area contributed by atoms with Gasteiger partial charge >= 0.3 is 0 Å². The van der Waals surface area contributed by atoms with Crippen LogP contribution < -0.4 is 5.73 Å². The largest absolute Gasteiger partial charge is 0.321 e. The fourth-order valence-corrected chi connectivity index (χ4v) is 2.49. The van der Waals surface area contributed by atoms with Crippen LogP contribution in [0.1, 0.15) is 53.9 Å². The molecule has 1 aliphatic carbocycles. The average Bonchev–Trinajstić information content (AvgIpc) is 2.18. The van der Waals surface area contributed by atoms with Crippen molar-refractivity contribution in [3.05, 3.63) is 0 Å². The molecule has 2 heteroatoms. The van der Waals surface area contributed by atoms with Gasteiger partial charge in [-0.15, -0.1) is 0 Å². The second-order valence-corrected chi connectivity index (χ2v) is 6.71. The Morgan fingerprint density at radius 1 is 1.19 bits per heavy atom. The Balaban J connectivity index is 2.62. The van der Waals surface area contributed by atoms with E-state index < -0.39 is 0 Å². The molecular formula is C14H27NO. The molecule has 2 N–H and O–H groups in total. The molecule has 4 unspecified atom stereocenters. The highest BCUT2D eigenvalue weighted by atomic mass is 16.1. The first-order valence-corrected chi connectivity index (χ1v) is 6.52. The van der Waals surface area contributed by atoms with Gasteiger partial charge in [0.1, 0.15) is 0 Å². The first kappa shape index (κ1) is 13.7. The number of Topliss-reactive ketones (excluding diaryl/α,β-unsaturated/α-hetero) is 1. The van der Waals surface area contributed by atoms with Crippen molar-refractivity contribution >= 4 is 5.78 Å². The first-order valence-electron chi connectivity index (χ1n) is 6.52. The van der Waals surface area contributed by atoms with E-state index in [1.807, 2.05) is 20.8 Å². The van der Waals surface area contributed by atoms with Crippen LogP contribution in [0.4, 0.5) is 0 Å². The van der Waals surface area contributed by atoms with Crippen molar-refractivity contribution in [1.29, 1.82) is 0 Å². The number of rotatable bonds is 2. The van der Waals surface area contributed by atoms with Gasteiger partial charge < -0.3 is 5.73 Å². The zero-order valence-corrected chi connectivity index (χ0v) is 11.4. The summed E-state index contributed by atoms with van der Waals surface area (Å²) in [5, 5.41) is 0. The quantitative estimate of drug-likeness (QED) is 0.785. The van der Waals surface area contributed by atoms with E-state index in [-0.39, 0.29) is 23.2 Å². The van der Waals surface area contributed by atoms with Crippen LogP contribution in [0.15, 0.2) is 0 Å². The minimum absolute atomic E-state index is 0.108. The fourth-order valence-electron chi connectivity index (χ4n) is 2.49. The van der Waals surface area contributed by atoms with Gasteiger partial charge in [-0.1, -0.05) is 34.6 Å². The Labute approximate surface area is 100.0 Å². The summed E-state index contributed by atoms with van der Waals surface area (Å²) in [7, 11) is 0. The molecule has 0 heterocycles. The number of hydrogen-bond donors (Lipinski definition) is 1. The summed E-state index contributed by atoms with van der Waals surface area (Å²) < 4.78 is 0. The maximum atomic E-state index is 12.3. The fraction of sp³-hybridized carbons (Fsp3) is 0.929. The van der Waals surface area contributed by atoms with Gasteiger partial charge in [-0.25, -0.2) is 0 Å². The molecule has 0 aromatic carbocycles. The molecule has 0 aromatic rings. The van der Waals surface area contributed by atoms with Crippen LogP contribution in [0.2, 0.25) is 0 Å².